The van der Waals surface area contributed by atoms with Crippen molar-refractivity contribution in [2.45, 2.75) is 6.92 Å². The molecule has 6 heteroatoms. The van der Waals surface area contributed by atoms with Crippen molar-refractivity contribution in [2.75, 3.05) is 40.5 Å². The van der Waals surface area contributed by atoms with E-state index in [9.17, 15) is 4.79 Å². The molecule has 0 saturated heterocycles. The fraction of sp³-hybridized carbons (Fsp3) is 0.412. The summed E-state index contributed by atoms with van der Waals surface area (Å²) in [6, 6.07) is 7.35. The first-order valence-corrected chi connectivity index (χ1v) is 7.59. The molecule has 0 aliphatic rings. The number of nitrogens with one attached hydrogen (secondary N) is 2. The van der Waals surface area contributed by atoms with Crippen molar-refractivity contribution < 1.29 is 14.3 Å². The van der Waals surface area contributed by atoms with Crippen LogP contribution in [0.5, 0.6) is 5.75 Å². The van der Waals surface area contributed by atoms with Gasteiger partial charge in [-0.25, -0.2) is 0 Å². The Balaban J connectivity index is 2.09. The molecule has 1 heterocycles. The molecule has 0 fully saturated rings. The normalized spacial score (nSPS) is 10.7. The second-order valence-corrected chi connectivity index (χ2v) is 5.19. The lowest BCUT2D eigenvalue weighted by Gasteiger charge is -2.10. The number of hydrogen-bond acceptors (Lipinski definition) is 5. The Hall–Kier alpha value is -2.18. The van der Waals surface area contributed by atoms with E-state index in [-0.39, 0.29) is 5.91 Å². The molecule has 1 amide bonds. The predicted molar refractivity (Wildman–Crippen MR) is 90.1 cm³/mol. The number of rotatable bonds is 8. The van der Waals surface area contributed by atoms with Crippen molar-refractivity contribution in [1.82, 2.24) is 15.6 Å². The minimum atomic E-state index is -0.109. The fourth-order valence-electron chi connectivity index (χ4n) is 2.31. The third-order valence-electron chi connectivity index (χ3n) is 3.46. The molecule has 1 aromatic heterocycles. The van der Waals surface area contributed by atoms with Crippen LogP contribution >= 0.6 is 0 Å². The van der Waals surface area contributed by atoms with Crippen molar-refractivity contribution >= 4 is 16.8 Å². The van der Waals surface area contributed by atoms with Crippen molar-refractivity contribution in [1.29, 1.82) is 0 Å². The van der Waals surface area contributed by atoms with E-state index in [4.69, 9.17) is 9.47 Å². The van der Waals surface area contributed by atoms with Crippen molar-refractivity contribution in [3.63, 3.8) is 0 Å². The maximum absolute atomic E-state index is 12.5. The number of pyridine rings is 1. The zero-order valence-corrected chi connectivity index (χ0v) is 13.8. The Morgan fingerprint density at radius 2 is 2.00 bits per heavy atom. The van der Waals surface area contributed by atoms with Crippen LogP contribution in [0.3, 0.4) is 0 Å². The van der Waals surface area contributed by atoms with Gasteiger partial charge in [0.25, 0.3) is 5.91 Å². The molecule has 0 aliphatic heterocycles. The van der Waals surface area contributed by atoms with Gasteiger partial charge in [-0.05, 0) is 31.2 Å². The quantitative estimate of drug-likeness (QED) is 0.722. The molecule has 0 spiro atoms. The molecule has 0 bridgehead atoms. The van der Waals surface area contributed by atoms with Gasteiger partial charge in [-0.3, -0.25) is 9.78 Å². The van der Waals surface area contributed by atoms with Crippen LogP contribution in [-0.4, -0.2) is 51.4 Å². The highest BCUT2D eigenvalue weighted by Crippen LogP contribution is 2.23. The number of carbonyl (C=O) groups is 1. The van der Waals surface area contributed by atoms with Gasteiger partial charge in [-0.2, -0.15) is 0 Å². The molecule has 2 rings (SSSR count). The molecule has 0 radical (unpaired) electrons. The van der Waals surface area contributed by atoms with Gasteiger partial charge in [-0.1, -0.05) is 0 Å². The van der Waals surface area contributed by atoms with E-state index < -0.39 is 0 Å². The number of hydrogen-bond donors (Lipinski definition) is 2. The lowest BCUT2D eigenvalue weighted by molar-refractivity contribution is 0.0955. The van der Waals surface area contributed by atoms with E-state index in [1.807, 2.05) is 25.1 Å². The summed E-state index contributed by atoms with van der Waals surface area (Å²) in [4.78, 5) is 16.9. The Bertz CT molecular complexity index is 673. The van der Waals surface area contributed by atoms with E-state index in [1.165, 1.54) is 0 Å². The van der Waals surface area contributed by atoms with Crippen molar-refractivity contribution in [3.05, 3.63) is 35.5 Å². The number of carbonyl (C=O) groups excluding carboxylic acids is 1. The summed E-state index contributed by atoms with van der Waals surface area (Å²) in [5.74, 6) is 0.598. The third kappa shape index (κ3) is 4.64. The smallest absolute Gasteiger partial charge is 0.252 e. The van der Waals surface area contributed by atoms with Crippen LogP contribution in [0.4, 0.5) is 0 Å². The minimum Gasteiger partial charge on any atom is -0.497 e. The second-order valence-electron chi connectivity index (χ2n) is 5.19. The number of methoxy groups -OCH3 is 2. The van der Waals surface area contributed by atoms with E-state index in [2.05, 4.69) is 15.6 Å². The molecule has 0 saturated carbocycles. The summed E-state index contributed by atoms with van der Waals surface area (Å²) >= 11 is 0. The summed E-state index contributed by atoms with van der Waals surface area (Å²) in [7, 11) is 3.27. The second kappa shape index (κ2) is 8.45. The van der Waals surface area contributed by atoms with Gasteiger partial charge in [0.1, 0.15) is 5.75 Å². The Morgan fingerprint density at radius 1 is 1.17 bits per heavy atom. The maximum atomic E-state index is 12.5. The molecular weight excluding hydrogens is 294 g/mol. The first-order chi connectivity index (χ1) is 11.2. The van der Waals surface area contributed by atoms with Gasteiger partial charge >= 0.3 is 0 Å². The minimum absolute atomic E-state index is 0.109. The summed E-state index contributed by atoms with van der Waals surface area (Å²) in [5, 5.41) is 6.90. The van der Waals surface area contributed by atoms with Crippen molar-refractivity contribution in [3.8, 4) is 5.75 Å². The highest BCUT2D eigenvalue weighted by Gasteiger charge is 2.12. The number of amides is 1. The fourth-order valence-corrected chi connectivity index (χ4v) is 2.31. The van der Waals surface area contributed by atoms with Gasteiger partial charge in [-0.15, -0.1) is 0 Å². The monoisotopic (exact) mass is 317 g/mol. The first-order valence-electron chi connectivity index (χ1n) is 7.59. The van der Waals surface area contributed by atoms with E-state index >= 15 is 0 Å². The molecule has 23 heavy (non-hydrogen) atoms. The zero-order chi connectivity index (χ0) is 16.7. The van der Waals surface area contributed by atoms with E-state index in [0.29, 0.717) is 31.0 Å². The molecule has 124 valence electrons. The van der Waals surface area contributed by atoms with Crippen LogP contribution < -0.4 is 15.4 Å². The summed E-state index contributed by atoms with van der Waals surface area (Å²) < 4.78 is 10.2. The number of fused-ring (bicyclic) bond motifs is 1. The molecule has 0 atom stereocenters. The standard InChI is InChI=1S/C17H23N3O3/c1-12-10-15(17(21)19-7-6-18-8-9-22-2)14-11-13(23-3)4-5-16(14)20-12/h4-5,10-11,18H,6-9H2,1-3H3,(H,19,21). The molecular formula is C17H23N3O3. The zero-order valence-electron chi connectivity index (χ0n) is 13.8. The van der Waals surface area contributed by atoms with Crippen molar-refractivity contribution in [2.24, 2.45) is 0 Å². The van der Waals surface area contributed by atoms with Crippen LogP contribution in [0.2, 0.25) is 0 Å². The number of nitrogens with zero attached hydrogens (tertiary/aromatic N) is 1. The SMILES string of the molecule is COCCNCCNC(=O)c1cc(C)nc2ccc(OC)cc12. The maximum Gasteiger partial charge on any atom is 0.252 e. The molecule has 2 aromatic rings. The van der Waals surface area contributed by atoms with Gasteiger partial charge in [0.05, 0.1) is 24.8 Å². The van der Waals surface area contributed by atoms with E-state index in [1.54, 1.807) is 20.3 Å². The average molecular weight is 317 g/mol. The molecule has 0 aliphatic carbocycles. The number of aromatic nitrogens is 1. The topological polar surface area (TPSA) is 72.5 Å². The molecule has 0 unspecified atom stereocenters. The van der Waals surface area contributed by atoms with Gasteiger partial charge in [0, 0.05) is 37.8 Å². The van der Waals surface area contributed by atoms with Gasteiger partial charge in [0.2, 0.25) is 0 Å². The largest absolute Gasteiger partial charge is 0.497 e. The highest BCUT2D eigenvalue weighted by molar-refractivity contribution is 6.06. The van der Waals surface area contributed by atoms with Gasteiger partial charge < -0.3 is 20.1 Å². The Kier molecular flexibility index (Phi) is 6.31. The lowest BCUT2D eigenvalue weighted by atomic mass is 10.1. The summed E-state index contributed by atoms with van der Waals surface area (Å²) in [6.07, 6.45) is 0. The number of ether oxygens (including phenoxy) is 2. The van der Waals surface area contributed by atoms with Crippen LogP contribution in [0.15, 0.2) is 24.3 Å². The van der Waals surface area contributed by atoms with Gasteiger partial charge in [0.15, 0.2) is 0 Å². The number of aryl methyl sites for hydroxylation is 1. The average Bonchev–Trinajstić information content (AvgIpc) is 2.56. The number of benzene rings is 1. The lowest BCUT2D eigenvalue weighted by Crippen LogP contribution is -2.33. The summed E-state index contributed by atoms with van der Waals surface area (Å²) in [5.41, 5.74) is 2.21. The molecule has 1 aromatic carbocycles. The Morgan fingerprint density at radius 3 is 2.74 bits per heavy atom. The van der Waals surface area contributed by atoms with Crippen LogP contribution in [0.25, 0.3) is 10.9 Å². The van der Waals surface area contributed by atoms with Crippen LogP contribution in [-0.2, 0) is 4.74 Å². The van der Waals surface area contributed by atoms with Crippen LogP contribution in [0, 0.1) is 6.92 Å². The first kappa shape index (κ1) is 17.2. The molecule has 6 nitrogen and oxygen atoms in total. The van der Waals surface area contributed by atoms with E-state index in [0.717, 1.165) is 23.1 Å². The van der Waals surface area contributed by atoms with Crippen LogP contribution in [0.1, 0.15) is 16.1 Å². The molecule has 2 N–H and O–H groups in total. The highest BCUT2D eigenvalue weighted by atomic mass is 16.5. The third-order valence-corrected chi connectivity index (χ3v) is 3.46. The predicted octanol–water partition coefficient (Wildman–Crippen LogP) is 1.52. The summed E-state index contributed by atoms with van der Waals surface area (Å²) in [6.45, 7) is 4.55. The Labute approximate surface area is 136 Å².